The van der Waals surface area contributed by atoms with Crippen LogP contribution in [0.25, 0.3) is 0 Å². The van der Waals surface area contributed by atoms with Crippen LogP contribution in [0.2, 0.25) is 0 Å². The maximum absolute atomic E-state index is 9.95. The molecule has 1 atom stereocenters. The molecule has 1 aromatic carbocycles. The molecule has 96 valence electrons. The van der Waals surface area contributed by atoms with Gasteiger partial charge >= 0.3 is 0 Å². The monoisotopic (exact) mass is 236 g/mol. The summed E-state index contributed by atoms with van der Waals surface area (Å²) in [5.41, 5.74) is 1.04. The highest BCUT2D eigenvalue weighted by Gasteiger charge is 2.23. The Bertz CT molecular complexity index is 350. The number of hydrogen-bond donors (Lipinski definition) is 1. The number of benzene rings is 1. The van der Waals surface area contributed by atoms with Crippen LogP contribution in [0, 0.1) is 5.41 Å². The van der Waals surface area contributed by atoms with Crippen LogP contribution < -0.4 is 4.74 Å². The first-order chi connectivity index (χ1) is 7.82. The molecule has 0 saturated heterocycles. The standard InChI is InChI=1S/C15H24O2/c1-11(2)12-8-6-7-9-13(12)17-10-14(16)15(3,4)5/h6-9,11,14,16H,10H2,1-5H3. The fraction of sp³-hybridized carbons (Fsp3) is 0.600. The summed E-state index contributed by atoms with van der Waals surface area (Å²) < 4.78 is 5.74. The maximum Gasteiger partial charge on any atom is 0.122 e. The van der Waals surface area contributed by atoms with E-state index < -0.39 is 6.10 Å². The Balaban J connectivity index is 2.70. The van der Waals surface area contributed by atoms with Crippen LogP contribution in [0.4, 0.5) is 0 Å². The van der Waals surface area contributed by atoms with Crippen LogP contribution in [0.1, 0.15) is 46.1 Å². The molecular weight excluding hydrogens is 212 g/mol. The highest BCUT2D eigenvalue weighted by atomic mass is 16.5. The van der Waals surface area contributed by atoms with E-state index in [1.165, 1.54) is 5.56 Å². The molecule has 0 aliphatic carbocycles. The van der Waals surface area contributed by atoms with Gasteiger partial charge in [0.25, 0.3) is 0 Å². The number of hydrogen-bond acceptors (Lipinski definition) is 2. The molecule has 0 aromatic heterocycles. The van der Waals surface area contributed by atoms with E-state index in [1.54, 1.807) is 0 Å². The minimum atomic E-state index is -0.456. The molecule has 0 fully saturated rings. The highest BCUT2D eigenvalue weighted by Crippen LogP contribution is 2.27. The second kappa shape index (κ2) is 5.54. The topological polar surface area (TPSA) is 29.5 Å². The fourth-order valence-corrected chi connectivity index (χ4v) is 1.51. The van der Waals surface area contributed by atoms with Crippen molar-refractivity contribution in [2.45, 2.75) is 46.6 Å². The lowest BCUT2D eigenvalue weighted by Crippen LogP contribution is -2.32. The van der Waals surface area contributed by atoms with Gasteiger partial charge in [-0.25, -0.2) is 0 Å². The summed E-state index contributed by atoms with van der Waals surface area (Å²) in [4.78, 5) is 0. The molecular formula is C15H24O2. The second-order valence-corrected chi connectivity index (χ2v) is 5.89. The third kappa shape index (κ3) is 4.04. The Labute approximate surface area is 105 Å². The van der Waals surface area contributed by atoms with E-state index in [2.05, 4.69) is 19.9 Å². The molecule has 2 heteroatoms. The molecule has 17 heavy (non-hydrogen) atoms. The van der Waals surface area contributed by atoms with Crippen LogP contribution in [0.5, 0.6) is 5.75 Å². The Morgan fingerprint density at radius 1 is 1.18 bits per heavy atom. The van der Waals surface area contributed by atoms with Gasteiger partial charge in [0.05, 0.1) is 6.10 Å². The van der Waals surface area contributed by atoms with E-state index in [-0.39, 0.29) is 5.41 Å². The first-order valence-electron chi connectivity index (χ1n) is 6.22. The molecule has 0 spiro atoms. The number of para-hydroxylation sites is 1. The summed E-state index contributed by atoms with van der Waals surface area (Å²) in [7, 11) is 0. The van der Waals surface area contributed by atoms with Gasteiger partial charge in [-0.15, -0.1) is 0 Å². The molecule has 0 radical (unpaired) electrons. The number of rotatable bonds is 4. The van der Waals surface area contributed by atoms with Gasteiger partial charge in [-0.05, 0) is 23.0 Å². The molecule has 0 saturated carbocycles. The van der Waals surface area contributed by atoms with Gasteiger partial charge in [0.2, 0.25) is 0 Å². The van der Waals surface area contributed by atoms with Crippen molar-refractivity contribution in [3.8, 4) is 5.75 Å². The first-order valence-corrected chi connectivity index (χ1v) is 6.22. The third-order valence-electron chi connectivity index (χ3n) is 2.94. The fourth-order valence-electron chi connectivity index (χ4n) is 1.51. The van der Waals surface area contributed by atoms with E-state index in [0.29, 0.717) is 12.5 Å². The predicted molar refractivity (Wildman–Crippen MR) is 71.5 cm³/mol. The van der Waals surface area contributed by atoms with Crippen molar-refractivity contribution in [1.29, 1.82) is 0 Å². The van der Waals surface area contributed by atoms with Gasteiger partial charge in [-0.2, -0.15) is 0 Å². The smallest absolute Gasteiger partial charge is 0.122 e. The van der Waals surface area contributed by atoms with Gasteiger partial charge < -0.3 is 9.84 Å². The molecule has 1 unspecified atom stereocenters. The molecule has 1 aromatic rings. The third-order valence-corrected chi connectivity index (χ3v) is 2.94. The molecule has 0 bridgehead atoms. The summed E-state index contributed by atoms with van der Waals surface area (Å²) >= 11 is 0. The Hall–Kier alpha value is -1.02. The predicted octanol–water partition coefficient (Wildman–Crippen LogP) is 3.60. The van der Waals surface area contributed by atoms with Gasteiger partial charge in [0.15, 0.2) is 0 Å². The van der Waals surface area contributed by atoms with Crippen molar-refractivity contribution in [2.24, 2.45) is 5.41 Å². The zero-order valence-corrected chi connectivity index (χ0v) is 11.5. The zero-order chi connectivity index (χ0) is 13.1. The van der Waals surface area contributed by atoms with Gasteiger partial charge in [-0.1, -0.05) is 52.8 Å². The number of ether oxygens (including phenoxy) is 1. The first kappa shape index (κ1) is 14.0. The summed E-state index contributed by atoms with van der Waals surface area (Å²) in [5, 5.41) is 9.95. The Kier molecular flexibility index (Phi) is 4.58. The van der Waals surface area contributed by atoms with E-state index in [4.69, 9.17) is 4.74 Å². The normalized spacial score (nSPS) is 13.8. The lowest BCUT2D eigenvalue weighted by Gasteiger charge is -2.26. The van der Waals surface area contributed by atoms with Gasteiger partial charge in [0.1, 0.15) is 12.4 Å². The van der Waals surface area contributed by atoms with Crippen LogP contribution in [0.3, 0.4) is 0 Å². The summed E-state index contributed by atoms with van der Waals surface area (Å²) in [6.45, 7) is 10.7. The van der Waals surface area contributed by atoms with Crippen molar-refractivity contribution >= 4 is 0 Å². The van der Waals surface area contributed by atoms with Crippen LogP contribution >= 0.6 is 0 Å². The van der Waals surface area contributed by atoms with E-state index in [1.807, 2.05) is 39.0 Å². The quantitative estimate of drug-likeness (QED) is 0.865. The molecule has 2 nitrogen and oxygen atoms in total. The van der Waals surface area contributed by atoms with E-state index in [9.17, 15) is 5.11 Å². The minimum Gasteiger partial charge on any atom is -0.491 e. The highest BCUT2D eigenvalue weighted by molar-refractivity contribution is 5.35. The van der Waals surface area contributed by atoms with Crippen molar-refractivity contribution in [1.82, 2.24) is 0 Å². The molecule has 0 aliphatic heterocycles. The summed E-state index contributed by atoms with van der Waals surface area (Å²) in [6, 6.07) is 8.02. The lowest BCUT2D eigenvalue weighted by molar-refractivity contribution is 0.0215. The van der Waals surface area contributed by atoms with Gasteiger partial charge in [-0.3, -0.25) is 0 Å². The van der Waals surface area contributed by atoms with Gasteiger partial charge in [0, 0.05) is 0 Å². The van der Waals surface area contributed by atoms with Crippen molar-refractivity contribution < 1.29 is 9.84 Å². The number of aliphatic hydroxyl groups excluding tert-OH is 1. The molecule has 1 N–H and O–H groups in total. The van der Waals surface area contributed by atoms with E-state index in [0.717, 1.165) is 5.75 Å². The minimum absolute atomic E-state index is 0.146. The average molecular weight is 236 g/mol. The van der Waals surface area contributed by atoms with Crippen molar-refractivity contribution in [3.63, 3.8) is 0 Å². The average Bonchev–Trinajstić information content (AvgIpc) is 2.24. The number of aliphatic hydroxyl groups is 1. The van der Waals surface area contributed by atoms with Crippen LogP contribution in [0.15, 0.2) is 24.3 Å². The Morgan fingerprint density at radius 2 is 1.76 bits per heavy atom. The summed E-state index contributed by atoms with van der Waals surface area (Å²) in [5.74, 6) is 1.31. The van der Waals surface area contributed by atoms with Crippen LogP contribution in [-0.2, 0) is 0 Å². The lowest BCUT2D eigenvalue weighted by atomic mass is 9.90. The largest absolute Gasteiger partial charge is 0.491 e. The molecule has 0 aliphatic rings. The van der Waals surface area contributed by atoms with Crippen molar-refractivity contribution in [2.75, 3.05) is 6.61 Å². The second-order valence-electron chi connectivity index (χ2n) is 5.89. The molecule has 0 amide bonds. The zero-order valence-electron chi connectivity index (χ0n) is 11.5. The molecule has 0 heterocycles. The van der Waals surface area contributed by atoms with Crippen molar-refractivity contribution in [3.05, 3.63) is 29.8 Å². The van der Waals surface area contributed by atoms with Crippen LogP contribution in [-0.4, -0.2) is 17.8 Å². The molecule has 1 rings (SSSR count). The Morgan fingerprint density at radius 3 is 2.29 bits per heavy atom. The SMILES string of the molecule is CC(C)c1ccccc1OCC(O)C(C)(C)C. The van der Waals surface area contributed by atoms with E-state index >= 15 is 0 Å². The maximum atomic E-state index is 9.95. The summed E-state index contributed by atoms with van der Waals surface area (Å²) in [6.07, 6.45) is -0.456.